The molecule has 0 N–H and O–H groups in total. The van der Waals surface area contributed by atoms with Gasteiger partial charge in [0.1, 0.15) is 11.3 Å². The number of pyridine rings is 1. The van der Waals surface area contributed by atoms with Gasteiger partial charge in [0.05, 0.1) is 6.26 Å². The molecule has 0 aliphatic heterocycles. The molecule has 25 heavy (non-hydrogen) atoms. The number of hydrogen-bond donors (Lipinski definition) is 0. The minimum absolute atomic E-state index is 0.322. The van der Waals surface area contributed by atoms with Gasteiger partial charge in [-0.3, -0.25) is 0 Å². The van der Waals surface area contributed by atoms with E-state index in [-0.39, 0.29) is 0 Å². The number of fused-ring (bicyclic) bond motifs is 5. The van der Waals surface area contributed by atoms with E-state index in [0.717, 1.165) is 27.3 Å². The van der Waals surface area contributed by atoms with Gasteiger partial charge in [-0.2, -0.15) is 0 Å². The SMILES string of the molecule is Cc1ccc(-c2nc3c(=O)oc4ccccc4c3c3ccoc23)cc1. The van der Waals surface area contributed by atoms with Gasteiger partial charge >= 0.3 is 5.63 Å². The Bertz CT molecular complexity index is 1310. The molecule has 0 unspecified atom stereocenters. The second-order valence-corrected chi connectivity index (χ2v) is 6.10. The molecule has 0 aliphatic rings. The van der Waals surface area contributed by atoms with Gasteiger partial charge in [-0.05, 0) is 19.1 Å². The average Bonchev–Trinajstić information content (AvgIpc) is 3.11. The topological polar surface area (TPSA) is 56.2 Å². The zero-order chi connectivity index (χ0) is 17.0. The maximum absolute atomic E-state index is 12.5. The van der Waals surface area contributed by atoms with Crippen LogP contribution >= 0.6 is 0 Å². The second kappa shape index (κ2) is 5.05. The molecular formula is C21H13NO3. The van der Waals surface area contributed by atoms with Crippen LogP contribution in [0.4, 0.5) is 0 Å². The third-order valence-electron chi connectivity index (χ3n) is 4.49. The first kappa shape index (κ1) is 14.0. The van der Waals surface area contributed by atoms with Crippen LogP contribution in [-0.2, 0) is 0 Å². The minimum Gasteiger partial charge on any atom is -0.462 e. The van der Waals surface area contributed by atoms with Gasteiger partial charge < -0.3 is 8.83 Å². The van der Waals surface area contributed by atoms with E-state index in [1.165, 1.54) is 0 Å². The molecule has 4 heteroatoms. The van der Waals surface area contributed by atoms with Crippen molar-refractivity contribution in [1.82, 2.24) is 4.98 Å². The van der Waals surface area contributed by atoms with E-state index < -0.39 is 5.63 Å². The van der Waals surface area contributed by atoms with Crippen LogP contribution in [0.1, 0.15) is 5.56 Å². The summed E-state index contributed by atoms with van der Waals surface area (Å²) in [5.74, 6) is 0. The van der Waals surface area contributed by atoms with E-state index in [1.54, 1.807) is 12.3 Å². The fourth-order valence-electron chi connectivity index (χ4n) is 3.27. The lowest BCUT2D eigenvalue weighted by atomic mass is 10.0. The predicted molar refractivity (Wildman–Crippen MR) is 97.7 cm³/mol. The fourth-order valence-corrected chi connectivity index (χ4v) is 3.27. The van der Waals surface area contributed by atoms with Crippen molar-refractivity contribution in [3.8, 4) is 11.3 Å². The Labute approximate surface area is 142 Å². The number of aryl methyl sites for hydroxylation is 1. The van der Waals surface area contributed by atoms with Crippen LogP contribution in [0.2, 0.25) is 0 Å². The Hall–Kier alpha value is -3.40. The first-order valence-corrected chi connectivity index (χ1v) is 8.02. The Morgan fingerprint density at radius 3 is 2.56 bits per heavy atom. The summed E-state index contributed by atoms with van der Waals surface area (Å²) in [7, 11) is 0. The molecule has 120 valence electrons. The molecule has 0 aliphatic carbocycles. The standard InChI is InChI=1S/C21H13NO3/c1-12-6-8-13(9-7-12)18-20-15(10-11-24-20)17-14-4-2-3-5-16(14)25-21(23)19(17)22-18/h2-11H,1H3. The zero-order valence-electron chi connectivity index (χ0n) is 13.4. The van der Waals surface area contributed by atoms with Crippen molar-refractivity contribution >= 4 is 32.8 Å². The molecule has 0 spiro atoms. The largest absolute Gasteiger partial charge is 0.462 e. The van der Waals surface area contributed by atoms with Crippen molar-refractivity contribution in [3.63, 3.8) is 0 Å². The number of rotatable bonds is 1. The summed E-state index contributed by atoms with van der Waals surface area (Å²) >= 11 is 0. The lowest BCUT2D eigenvalue weighted by Crippen LogP contribution is -2.03. The number of furan rings is 1. The Morgan fingerprint density at radius 1 is 0.920 bits per heavy atom. The summed E-state index contributed by atoms with van der Waals surface area (Å²) < 4.78 is 11.2. The summed E-state index contributed by atoms with van der Waals surface area (Å²) in [5, 5.41) is 2.49. The highest BCUT2D eigenvalue weighted by atomic mass is 16.4. The van der Waals surface area contributed by atoms with Gasteiger partial charge in [0, 0.05) is 21.7 Å². The monoisotopic (exact) mass is 327 g/mol. The van der Waals surface area contributed by atoms with Crippen LogP contribution in [0.15, 0.2) is 74.5 Å². The summed E-state index contributed by atoms with van der Waals surface area (Å²) in [6, 6.07) is 17.3. The van der Waals surface area contributed by atoms with Crippen LogP contribution in [0.5, 0.6) is 0 Å². The van der Waals surface area contributed by atoms with Gasteiger partial charge in [0.2, 0.25) is 0 Å². The van der Waals surface area contributed by atoms with E-state index in [2.05, 4.69) is 4.98 Å². The Balaban J connectivity index is 2.00. The molecule has 4 nitrogen and oxygen atoms in total. The summed E-state index contributed by atoms with van der Waals surface area (Å²) in [6.45, 7) is 2.03. The maximum atomic E-state index is 12.5. The molecule has 0 saturated carbocycles. The van der Waals surface area contributed by atoms with Crippen molar-refractivity contribution in [2.75, 3.05) is 0 Å². The first-order valence-electron chi connectivity index (χ1n) is 8.02. The molecule has 0 fully saturated rings. The van der Waals surface area contributed by atoms with Crippen LogP contribution < -0.4 is 5.63 Å². The summed E-state index contributed by atoms with van der Waals surface area (Å²) in [5.41, 5.74) is 3.81. The molecule has 0 atom stereocenters. The molecular weight excluding hydrogens is 314 g/mol. The highest BCUT2D eigenvalue weighted by molar-refractivity contribution is 6.18. The molecule has 0 bridgehead atoms. The first-order chi connectivity index (χ1) is 12.2. The van der Waals surface area contributed by atoms with Crippen LogP contribution in [-0.4, -0.2) is 4.98 Å². The minimum atomic E-state index is -0.440. The van der Waals surface area contributed by atoms with Crippen molar-refractivity contribution in [3.05, 3.63) is 76.8 Å². The quantitative estimate of drug-likeness (QED) is 0.319. The van der Waals surface area contributed by atoms with Crippen LogP contribution in [0.25, 0.3) is 44.1 Å². The van der Waals surface area contributed by atoms with Gasteiger partial charge in [-0.1, -0.05) is 48.0 Å². The van der Waals surface area contributed by atoms with Crippen molar-refractivity contribution < 1.29 is 8.83 Å². The molecule has 0 amide bonds. The van der Waals surface area contributed by atoms with E-state index in [9.17, 15) is 4.79 Å². The van der Waals surface area contributed by atoms with Gasteiger partial charge in [-0.25, -0.2) is 9.78 Å². The van der Waals surface area contributed by atoms with Crippen molar-refractivity contribution in [2.24, 2.45) is 0 Å². The Morgan fingerprint density at radius 2 is 1.72 bits per heavy atom. The Kier molecular flexibility index (Phi) is 2.82. The zero-order valence-corrected chi connectivity index (χ0v) is 13.4. The molecule has 5 rings (SSSR count). The molecule has 2 aromatic carbocycles. The molecule has 0 radical (unpaired) electrons. The number of hydrogen-bond acceptors (Lipinski definition) is 4. The number of para-hydroxylation sites is 1. The van der Waals surface area contributed by atoms with Crippen molar-refractivity contribution in [1.29, 1.82) is 0 Å². The number of benzene rings is 2. The summed E-state index contributed by atoms with van der Waals surface area (Å²) in [4.78, 5) is 17.2. The van der Waals surface area contributed by atoms with Crippen LogP contribution in [0.3, 0.4) is 0 Å². The third kappa shape index (κ3) is 2.01. The van der Waals surface area contributed by atoms with E-state index >= 15 is 0 Å². The van der Waals surface area contributed by atoms with Gasteiger partial charge in [-0.15, -0.1) is 0 Å². The van der Waals surface area contributed by atoms with E-state index in [0.29, 0.717) is 22.4 Å². The fraction of sp³-hybridized carbons (Fsp3) is 0.0476. The third-order valence-corrected chi connectivity index (χ3v) is 4.49. The highest BCUT2D eigenvalue weighted by Gasteiger charge is 2.18. The summed E-state index contributed by atoms with van der Waals surface area (Å²) in [6.07, 6.45) is 1.63. The second-order valence-electron chi connectivity index (χ2n) is 6.10. The van der Waals surface area contributed by atoms with Gasteiger partial charge in [0.15, 0.2) is 11.1 Å². The number of nitrogens with zero attached hydrogens (tertiary/aromatic N) is 1. The smallest absolute Gasteiger partial charge is 0.363 e. The van der Waals surface area contributed by atoms with Crippen molar-refractivity contribution in [2.45, 2.75) is 6.92 Å². The molecule has 3 heterocycles. The van der Waals surface area contributed by atoms with Gasteiger partial charge in [0.25, 0.3) is 0 Å². The van der Waals surface area contributed by atoms with Crippen LogP contribution in [0, 0.1) is 6.92 Å². The highest BCUT2D eigenvalue weighted by Crippen LogP contribution is 2.35. The normalized spacial score (nSPS) is 11.6. The van der Waals surface area contributed by atoms with E-state index in [4.69, 9.17) is 8.83 Å². The van der Waals surface area contributed by atoms with E-state index in [1.807, 2.05) is 55.5 Å². The lowest BCUT2D eigenvalue weighted by Gasteiger charge is -2.07. The molecule has 3 aromatic heterocycles. The predicted octanol–water partition coefficient (Wildman–Crippen LogP) is 5.06. The average molecular weight is 327 g/mol. The molecule has 0 saturated heterocycles. The molecule has 5 aromatic rings. The lowest BCUT2D eigenvalue weighted by molar-refractivity contribution is 0.568. The maximum Gasteiger partial charge on any atom is 0.363 e. The number of aromatic nitrogens is 1.